The van der Waals surface area contributed by atoms with Gasteiger partial charge >= 0.3 is 6.03 Å². The molecule has 1 saturated carbocycles. The second-order valence-electron chi connectivity index (χ2n) is 5.88. The van der Waals surface area contributed by atoms with Gasteiger partial charge in [-0.3, -0.25) is 20.4 Å². The van der Waals surface area contributed by atoms with E-state index in [0.29, 0.717) is 11.3 Å². The Morgan fingerprint density at radius 1 is 1.17 bits per heavy atom. The Morgan fingerprint density at radius 2 is 1.92 bits per heavy atom. The standard InChI is InChI=1S/C16H24N4O4/c1-11-13(8-10-24-11)15(22)20-19-14(21)7-9-17-16(23)18-12-5-3-2-4-6-12/h8,10,12H,2-7,9H2,1H3,(H,19,21)(H,20,22)(H2,17,18,23). The van der Waals surface area contributed by atoms with E-state index < -0.39 is 5.91 Å². The van der Waals surface area contributed by atoms with Crippen molar-refractivity contribution in [1.82, 2.24) is 21.5 Å². The molecule has 132 valence electrons. The number of hydrogen-bond donors (Lipinski definition) is 4. The number of rotatable bonds is 5. The van der Waals surface area contributed by atoms with Crippen molar-refractivity contribution in [3.63, 3.8) is 0 Å². The number of hydrazine groups is 1. The molecular formula is C16H24N4O4. The van der Waals surface area contributed by atoms with Crippen LogP contribution in [0.15, 0.2) is 16.7 Å². The van der Waals surface area contributed by atoms with Crippen LogP contribution in [0.25, 0.3) is 0 Å². The molecule has 0 saturated heterocycles. The maximum atomic E-state index is 11.8. The first-order valence-corrected chi connectivity index (χ1v) is 8.24. The summed E-state index contributed by atoms with van der Waals surface area (Å²) in [5.41, 5.74) is 4.97. The van der Waals surface area contributed by atoms with Crippen molar-refractivity contribution in [3.05, 3.63) is 23.7 Å². The first-order valence-electron chi connectivity index (χ1n) is 8.24. The molecule has 8 nitrogen and oxygen atoms in total. The highest BCUT2D eigenvalue weighted by Gasteiger charge is 2.15. The van der Waals surface area contributed by atoms with Crippen molar-refractivity contribution in [1.29, 1.82) is 0 Å². The summed E-state index contributed by atoms with van der Waals surface area (Å²) in [6.07, 6.45) is 7.00. The van der Waals surface area contributed by atoms with Crippen LogP contribution < -0.4 is 21.5 Å². The molecule has 1 aromatic heterocycles. The SMILES string of the molecule is Cc1occc1C(=O)NNC(=O)CCNC(=O)NC1CCCCC1. The summed E-state index contributed by atoms with van der Waals surface area (Å²) in [6.45, 7) is 1.86. The molecule has 1 heterocycles. The summed E-state index contributed by atoms with van der Waals surface area (Å²) in [5, 5.41) is 5.55. The Morgan fingerprint density at radius 3 is 2.58 bits per heavy atom. The van der Waals surface area contributed by atoms with E-state index in [1.165, 1.54) is 18.8 Å². The maximum absolute atomic E-state index is 11.8. The Bertz CT molecular complexity index is 578. The number of nitrogens with one attached hydrogen (secondary N) is 4. The first-order chi connectivity index (χ1) is 11.6. The molecule has 0 unspecified atom stereocenters. The summed E-state index contributed by atoms with van der Waals surface area (Å²) in [5.74, 6) is -0.358. The summed E-state index contributed by atoms with van der Waals surface area (Å²) in [7, 11) is 0. The summed E-state index contributed by atoms with van der Waals surface area (Å²) in [4.78, 5) is 35.1. The Labute approximate surface area is 140 Å². The van der Waals surface area contributed by atoms with E-state index >= 15 is 0 Å². The van der Waals surface area contributed by atoms with Crippen LogP contribution in [0.2, 0.25) is 0 Å². The number of hydrogen-bond acceptors (Lipinski definition) is 4. The first kappa shape index (κ1) is 17.8. The van der Waals surface area contributed by atoms with Crippen LogP contribution >= 0.6 is 0 Å². The Balaban J connectivity index is 1.58. The zero-order chi connectivity index (χ0) is 17.4. The van der Waals surface area contributed by atoms with Crippen molar-refractivity contribution < 1.29 is 18.8 Å². The monoisotopic (exact) mass is 336 g/mol. The summed E-state index contributed by atoms with van der Waals surface area (Å²) < 4.78 is 5.02. The second kappa shape index (κ2) is 8.95. The van der Waals surface area contributed by atoms with Gasteiger partial charge in [-0.1, -0.05) is 19.3 Å². The van der Waals surface area contributed by atoms with Crippen LogP contribution in [0.3, 0.4) is 0 Å². The van der Waals surface area contributed by atoms with Crippen LogP contribution in [-0.2, 0) is 4.79 Å². The van der Waals surface area contributed by atoms with Gasteiger partial charge in [0.2, 0.25) is 5.91 Å². The van der Waals surface area contributed by atoms with E-state index in [2.05, 4.69) is 21.5 Å². The molecule has 0 aliphatic heterocycles. The average Bonchev–Trinajstić information content (AvgIpc) is 2.99. The van der Waals surface area contributed by atoms with Crippen molar-refractivity contribution in [2.75, 3.05) is 6.54 Å². The van der Waals surface area contributed by atoms with Gasteiger partial charge in [0.05, 0.1) is 11.8 Å². The highest BCUT2D eigenvalue weighted by Crippen LogP contribution is 2.17. The molecule has 1 aromatic rings. The minimum absolute atomic E-state index is 0.0722. The van der Waals surface area contributed by atoms with Gasteiger partial charge in [0.1, 0.15) is 5.76 Å². The quantitative estimate of drug-likeness (QED) is 0.608. The minimum Gasteiger partial charge on any atom is -0.469 e. The molecule has 0 aromatic carbocycles. The zero-order valence-electron chi connectivity index (χ0n) is 13.8. The fraction of sp³-hybridized carbons (Fsp3) is 0.562. The Kier molecular flexibility index (Phi) is 6.65. The molecule has 8 heteroatoms. The third kappa shape index (κ3) is 5.60. The lowest BCUT2D eigenvalue weighted by Gasteiger charge is -2.22. The number of aryl methyl sites for hydroxylation is 1. The van der Waals surface area contributed by atoms with E-state index in [-0.39, 0.29) is 30.9 Å². The lowest BCUT2D eigenvalue weighted by molar-refractivity contribution is -0.121. The molecule has 1 aliphatic carbocycles. The number of furan rings is 1. The van der Waals surface area contributed by atoms with E-state index in [9.17, 15) is 14.4 Å². The molecule has 4 N–H and O–H groups in total. The molecule has 2 rings (SSSR count). The third-order valence-electron chi connectivity index (χ3n) is 4.00. The van der Waals surface area contributed by atoms with Crippen molar-refractivity contribution in [2.24, 2.45) is 0 Å². The number of amides is 4. The molecule has 1 aliphatic rings. The van der Waals surface area contributed by atoms with Gasteiger partial charge in [-0.25, -0.2) is 4.79 Å². The number of carbonyl (C=O) groups excluding carboxylic acids is 3. The molecule has 0 spiro atoms. The van der Waals surface area contributed by atoms with Crippen LogP contribution in [0.5, 0.6) is 0 Å². The molecule has 0 atom stereocenters. The third-order valence-corrected chi connectivity index (χ3v) is 4.00. The van der Waals surface area contributed by atoms with Gasteiger partial charge in [-0.15, -0.1) is 0 Å². The molecule has 24 heavy (non-hydrogen) atoms. The van der Waals surface area contributed by atoms with Gasteiger partial charge in [0, 0.05) is 19.0 Å². The zero-order valence-corrected chi connectivity index (χ0v) is 13.8. The summed E-state index contributed by atoms with van der Waals surface area (Å²) >= 11 is 0. The lowest BCUT2D eigenvalue weighted by Crippen LogP contribution is -2.45. The fourth-order valence-electron chi connectivity index (χ4n) is 2.65. The van der Waals surface area contributed by atoms with Gasteiger partial charge in [0.25, 0.3) is 5.91 Å². The van der Waals surface area contributed by atoms with E-state index in [1.54, 1.807) is 6.92 Å². The molecule has 0 radical (unpaired) electrons. The normalized spacial score (nSPS) is 14.7. The largest absolute Gasteiger partial charge is 0.469 e. The maximum Gasteiger partial charge on any atom is 0.315 e. The highest BCUT2D eigenvalue weighted by molar-refractivity contribution is 5.96. The lowest BCUT2D eigenvalue weighted by atomic mass is 9.96. The second-order valence-corrected chi connectivity index (χ2v) is 5.88. The average molecular weight is 336 g/mol. The molecule has 0 bridgehead atoms. The van der Waals surface area contributed by atoms with Gasteiger partial charge in [-0.05, 0) is 25.8 Å². The Hall–Kier alpha value is -2.51. The van der Waals surface area contributed by atoms with Gasteiger partial charge in [0.15, 0.2) is 0 Å². The predicted octanol–water partition coefficient (Wildman–Crippen LogP) is 1.37. The van der Waals surface area contributed by atoms with Gasteiger partial charge in [-0.2, -0.15) is 0 Å². The van der Waals surface area contributed by atoms with Crippen LogP contribution in [0.4, 0.5) is 4.79 Å². The fourth-order valence-corrected chi connectivity index (χ4v) is 2.65. The van der Waals surface area contributed by atoms with E-state index in [1.807, 2.05) is 0 Å². The van der Waals surface area contributed by atoms with E-state index in [4.69, 9.17) is 4.42 Å². The smallest absolute Gasteiger partial charge is 0.315 e. The van der Waals surface area contributed by atoms with Crippen LogP contribution in [0.1, 0.15) is 54.6 Å². The highest BCUT2D eigenvalue weighted by atomic mass is 16.3. The number of urea groups is 1. The molecule has 1 fully saturated rings. The van der Waals surface area contributed by atoms with Gasteiger partial charge < -0.3 is 15.1 Å². The predicted molar refractivity (Wildman–Crippen MR) is 87.1 cm³/mol. The van der Waals surface area contributed by atoms with Crippen LogP contribution in [-0.4, -0.2) is 30.4 Å². The van der Waals surface area contributed by atoms with Crippen molar-refractivity contribution >= 4 is 17.8 Å². The summed E-state index contributed by atoms with van der Waals surface area (Å²) in [6, 6.07) is 1.49. The molecular weight excluding hydrogens is 312 g/mol. The van der Waals surface area contributed by atoms with Crippen molar-refractivity contribution in [2.45, 2.75) is 51.5 Å². The van der Waals surface area contributed by atoms with Crippen molar-refractivity contribution in [3.8, 4) is 0 Å². The topological polar surface area (TPSA) is 112 Å². The minimum atomic E-state index is -0.447. The van der Waals surface area contributed by atoms with E-state index in [0.717, 1.165) is 25.7 Å². The van der Waals surface area contributed by atoms with Crippen LogP contribution in [0, 0.1) is 6.92 Å². The number of carbonyl (C=O) groups is 3. The molecule has 4 amide bonds.